The minimum Gasteiger partial charge on any atom is -0.379 e. The van der Waals surface area contributed by atoms with Crippen LogP contribution >= 0.6 is 0 Å². The number of carbonyl (C=O) groups is 1. The van der Waals surface area contributed by atoms with Gasteiger partial charge in [-0.25, -0.2) is 4.98 Å². The minimum atomic E-state index is -0.0662. The van der Waals surface area contributed by atoms with Crippen LogP contribution in [0, 0.1) is 0 Å². The summed E-state index contributed by atoms with van der Waals surface area (Å²) in [5.41, 5.74) is 0.393. The zero-order chi connectivity index (χ0) is 18.6. The van der Waals surface area contributed by atoms with Crippen LogP contribution in [0.25, 0.3) is 0 Å². The van der Waals surface area contributed by atoms with Crippen molar-refractivity contribution in [2.24, 2.45) is 7.05 Å². The third-order valence-corrected chi connectivity index (χ3v) is 5.32. The summed E-state index contributed by atoms with van der Waals surface area (Å²) in [4.78, 5) is 25.0. The summed E-state index contributed by atoms with van der Waals surface area (Å²) in [6.45, 7) is 5.54. The van der Waals surface area contributed by atoms with E-state index in [0.717, 1.165) is 63.9 Å². The Hall–Kier alpha value is -2.39. The van der Waals surface area contributed by atoms with Gasteiger partial charge in [-0.15, -0.1) is 10.2 Å². The Morgan fingerprint density at radius 2 is 2.07 bits per heavy atom. The van der Waals surface area contributed by atoms with Crippen LogP contribution in [0.15, 0.2) is 18.6 Å². The molecule has 0 unspecified atom stereocenters. The van der Waals surface area contributed by atoms with Crippen LogP contribution in [0.4, 0.5) is 0 Å². The number of nitrogens with zero attached hydrogens (tertiary/aromatic N) is 7. The topological polar surface area (TPSA) is 89.3 Å². The Labute approximate surface area is 158 Å². The SMILES string of the molecule is Cn1c(CN2CCOCC2)nnc1[C@@H]1CCCN(C(=O)c2cnccn2)C1. The average Bonchev–Trinajstić information content (AvgIpc) is 3.09. The molecule has 9 nitrogen and oxygen atoms in total. The van der Waals surface area contributed by atoms with Gasteiger partial charge in [-0.05, 0) is 12.8 Å². The second kappa shape index (κ2) is 8.10. The number of rotatable bonds is 4. The number of carbonyl (C=O) groups excluding carboxylic acids is 1. The summed E-state index contributed by atoms with van der Waals surface area (Å²) in [7, 11) is 2.02. The lowest BCUT2D eigenvalue weighted by molar-refractivity contribution is 0.0326. The molecule has 2 saturated heterocycles. The normalized spacial score (nSPS) is 21.4. The van der Waals surface area contributed by atoms with Gasteiger partial charge in [0.05, 0.1) is 26.0 Å². The fraction of sp³-hybridized carbons (Fsp3) is 0.611. The van der Waals surface area contributed by atoms with E-state index in [1.807, 2.05) is 11.9 Å². The van der Waals surface area contributed by atoms with Crippen LogP contribution in [0.5, 0.6) is 0 Å². The second-order valence-electron chi connectivity index (χ2n) is 7.10. The number of piperidine rings is 1. The van der Waals surface area contributed by atoms with Crippen LogP contribution in [-0.2, 0) is 18.3 Å². The van der Waals surface area contributed by atoms with E-state index in [-0.39, 0.29) is 11.8 Å². The molecule has 144 valence electrons. The van der Waals surface area contributed by atoms with Crippen LogP contribution in [0.1, 0.15) is 40.9 Å². The van der Waals surface area contributed by atoms with Crippen molar-refractivity contribution in [3.63, 3.8) is 0 Å². The van der Waals surface area contributed by atoms with E-state index in [0.29, 0.717) is 12.2 Å². The molecule has 0 spiro atoms. The first-order valence-electron chi connectivity index (χ1n) is 9.46. The lowest BCUT2D eigenvalue weighted by Crippen LogP contribution is -2.40. The molecular formula is C18H25N7O2. The highest BCUT2D eigenvalue weighted by atomic mass is 16.5. The molecule has 4 heterocycles. The summed E-state index contributed by atoms with van der Waals surface area (Å²) in [5.74, 6) is 2.04. The molecule has 4 rings (SSSR count). The number of ether oxygens (including phenoxy) is 1. The number of morpholine rings is 1. The Kier molecular flexibility index (Phi) is 5.40. The Morgan fingerprint density at radius 3 is 2.85 bits per heavy atom. The average molecular weight is 371 g/mol. The van der Waals surface area contributed by atoms with Gasteiger partial charge in [0.15, 0.2) is 0 Å². The summed E-state index contributed by atoms with van der Waals surface area (Å²) in [6.07, 6.45) is 6.60. The Morgan fingerprint density at radius 1 is 1.22 bits per heavy atom. The molecule has 2 aromatic rings. The van der Waals surface area contributed by atoms with E-state index in [1.165, 1.54) is 6.20 Å². The van der Waals surface area contributed by atoms with Crippen LogP contribution in [-0.4, -0.2) is 79.8 Å². The maximum Gasteiger partial charge on any atom is 0.274 e. The molecule has 2 aliphatic heterocycles. The monoisotopic (exact) mass is 371 g/mol. The fourth-order valence-electron chi connectivity index (χ4n) is 3.77. The lowest BCUT2D eigenvalue weighted by Gasteiger charge is -2.32. The number of likely N-dealkylation sites (tertiary alicyclic amines) is 1. The number of hydrogen-bond donors (Lipinski definition) is 0. The summed E-state index contributed by atoms with van der Waals surface area (Å²) >= 11 is 0. The standard InChI is InChI=1S/C18H25N7O2/c1-23-16(13-24-7-9-27-10-8-24)21-22-17(23)14-3-2-6-25(12-14)18(26)15-11-19-4-5-20-15/h4-5,11,14H,2-3,6-10,12-13H2,1H3/t14-/m1/s1. The maximum atomic E-state index is 12.7. The molecule has 0 N–H and O–H groups in total. The zero-order valence-electron chi connectivity index (χ0n) is 15.6. The molecule has 2 aromatic heterocycles. The molecule has 9 heteroatoms. The summed E-state index contributed by atoms with van der Waals surface area (Å²) in [5, 5.41) is 8.88. The van der Waals surface area contributed by atoms with Crippen molar-refractivity contribution >= 4 is 5.91 Å². The number of hydrogen-bond acceptors (Lipinski definition) is 7. The van der Waals surface area contributed by atoms with Crippen LogP contribution in [0.2, 0.25) is 0 Å². The molecule has 1 amide bonds. The van der Waals surface area contributed by atoms with E-state index >= 15 is 0 Å². The second-order valence-corrected chi connectivity index (χ2v) is 7.10. The largest absolute Gasteiger partial charge is 0.379 e. The lowest BCUT2D eigenvalue weighted by atomic mass is 9.97. The molecule has 0 aromatic carbocycles. The Bertz CT molecular complexity index is 773. The van der Waals surface area contributed by atoms with E-state index in [2.05, 4.69) is 29.6 Å². The van der Waals surface area contributed by atoms with Crippen molar-refractivity contribution in [3.05, 3.63) is 35.9 Å². The predicted molar refractivity (Wildman–Crippen MR) is 97.0 cm³/mol. The first kappa shape index (κ1) is 18.0. The third-order valence-electron chi connectivity index (χ3n) is 5.32. The highest BCUT2D eigenvalue weighted by Crippen LogP contribution is 2.26. The first-order chi connectivity index (χ1) is 13.2. The van der Waals surface area contributed by atoms with E-state index < -0.39 is 0 Å². The van der Waals surface area contributed by atoms with Crippen molar-refractivity contribution in [2.75, 3.05) is 39.4 Å². The highest BCUT2D eigenvalue weighted by molar-refractivity contribution is 5.92. The van der Waals surface area contributed by atoms with Crippen molar-refractivity contribution < 1.29 is 9.53 Å². The molecule has 27 heavy (non-hydrogen) atoms. The zero-order valence-corrected chi connectivity index (χ0v) is 15.6. The Balaban J connectivity index is 1.44. The van der Waals surface area contributed by atoms with Gasteiger partial charge in [-0.2, -0.15) is 0 Å². The maximum absolute atomic E-state index is 12.7. The first-order valence-corrected chi connectivity index (χ1v) is 9.46. The van der Waals surface area contributed by atoms with Gasteiger partial charge in [0, 0.05) is 51.5 Å². The third kappa shape index (κ3) is 3.98. The molecule has 0 saturated carbocycles. The molecular weight excluding hydrogens is 346 g/mol. The van der Waals surface area contributed by atoms with Gasteiger partial charge in [-0.1, -0.05) is 0 Å². The van der Waals surface area contributed by atoms with Gasteiger partial charge < -0.3 is 14.2 Å². The van der Waals surface area contributed by atoms with Crippen molar-refractivity contribution in [3.8, 4) is 0 Å². The van der Waals surface area contributed by atoms with E-state index in [4.69, 9.17) is 4.74 Å². The van der Waals surface area contributed by atoms with Gasteiger partial charge in [0.25, 0.3) is 5.91 Å². The molecule has 2 aliphatic rings. The fourth-order valence-corrected chi connectivity index (χ4v) is 3.77. The quantitative estimate of drug-likeness (QED) is 0.771. The smallest absolute Gasteiger partial charge is 0.274 e. The van der Waals surface area contributed by atoms with Crippen LogP contribution < -0.4 is 0 Å². The van der Waals surface area contributed by atoms with Crippen molar-refractivity contribution in [1.29, 1.82) is 0 Å². The molecule has 0 aliphatic carbocycles. The van der Waals surface area contributed by atoms with Gasteiger partial charge in [0.2, 0.25) is 0 Å². The summed E-state index contributed by atoms with van der Waals surface area (Å²) < 4.78 is 7.50. The van der Waals surface area contributed by atoms with E-state index in [1.54, 1.807) is 12.4 Å². The van der Waals surface area contributed by atoms with Gasteiger partial charge >= 0.3 is 0 Å². The molecule has 2 fully saturated rings. The van der Waals surface area contributed by atoms with E-state index in [9.17, 15) is 4.79 Å². The van der Waals surface area contributed by atoms with Crippen molar-refractivity contribution in [1.82, 2.24) is 34.5 Å². The van der Waals surface area contributed by atoms with Gasteiger partial charge in [-0.3, -0.25) is 14.7 Å². The minimum absolute atomic E-state index is 0.0662. The number of aromatic nitrogens is 5. The highest BCUT2D eigenvalue weighted by Gasteiger charge is 2.29. The predicted octanol–water partition coefficient (Wildman–Crippen LogP) is 0.457. The molecule has 0 bridgehead atoms. The van der Waals surface area contributed by atoms with Crippen molar-refractivity contribution in [2.45, 2.75) is 25.3 Å². The molecule has 0 radical (unpaired) electrons. The number of amides is 1. The molecule has 1 atom stereocenters. The van der Waals surface area contributed by atoms with Gasteiger partial charge in [0.1, 0.15) is 17.3 Å². The van der Waals surface area contributed by atoms with Crippen LogP contribution in [0.3, 0.4) is 0 Å². The summed E-state index contributed by atoms with van der Waals surface area (Å²) in [6, 6.07) is 0.